The van der Waals surface area contributed by atoms with E-state index in [0.717, 1.165) is 11.1 Å². The summed E-state index contributed by atoms with van der Waals surface area (Å²) in [5.74, 6) is -0.746. The van der Waals surface area contributed by atoms with Crippen LogP contribution in [-0.4, -0.2) is 37.4 Å². The van der Waals surface area contributed by atoms with Gasteiger partial charge >= 0.3 is 0 Å². The molecule has 5 nitrogen and oxygen atoms in total. The largest absolute Gasteiger partial charge is 0.360 e. The first-order valence-electron chi connectivity index (χ1n) is 10.4. The number of carbonyl (C=O) groups is 1. The number of aryl methyl sites for hydroxylation is 1. The Morgan fingerprint density at radius 3 is 2.31 bits per heavy atom. The number of ketones is 1. The van der Waals surface area contributed by atoms with Crippen molar-refractivity contribution in [3.05, 3.63) is 101 Å². The van der Waals surface area contributed by atoms with Crippen molar-refractivity contribution in [3.63, 3.8) is 0 Å². The van der Waals surface area contributed by atoms with Gasteiger partial charge in [-0.1, -0.05) is 48.0 Å². The van der Waals surface area contributed by atoms with E-state index >= 15 is 0 Å². The SMILES string of the molecule is Cc1ccc(S(=O)(=O)N2[C@@H](Cc3ccccc3)CO[C@H]2CC(=O)c2ccc(F)cc2)cc1. The quantitative estimate of drug-likeness (QED) is 0.499. The van der Waals surface area contributed by atoms with Crippen LogP contribution in [0.15, 0.2) is 83.8 Å². The molecule has 0 saturated carbocycles. The van der Waals surface area contributed by atoms with E-state index in [0.29, 0.717) is 12.0 Å². The molecule has 32 heavy (non-hydrogen) atoms. The van der Waals surface area contributed by atoms with Crippen LogP contribution in [-0.2, 0) is 21.2 Å². The van der Waals surface area contributed by atoms with Crippen molar-refractivity contribution < 1.29 is 22.3 Å². The van der Waals surface area contributed by atoms with E-state index in [1.54, 1.807) is 24.3 Å². The third-order valence-corrected chi connectivity index (χ3v) is 7.52. The smallest absolute Gasteiger partial charge is 0.245 e. The maximum atomic E-state index is 13.6. The fraction of sp³-hybridized carbons (Fsp3) is 0.240. The monoisotopic (exact) mass is 453 g/mol. The third-order valence-electron chi connectivity index (χ3n) is 5.56. The second kappa shape index (κ2) is 9.32. The van der Waals surface area contributed by atoms with Crippen LogP contribution in [0.2, 0.25) is 0 Å². The summed E-state index contributed by atoms with van der Waals surface area (Å²) in [4.78, 5) is 13.0. The Hall–Kier alpha value is -2.87. The van der Waals surface area contributed by atoms with Gasteiger partial charge in [-0.3, -0.25) is 4.79 Å². The molecule has 0 unspecified atom stereocenters. The Kier molecular flexibility index (Phi) is 6.50. The minimum Gasteiger partial charge on any atom is -0.360 e. The van der Waals surface area contributed by atoms with Gasteiger partial charge in [0.25, 0.3) is 0 Å². The van der Waals surface area contributed by atoms with Gasteiger partial charge in [0.2, 0.25) is 10.0 Å². The van der Waals surface area contributed by atoms with Gasteiger partial charge < -0.3 is 4.74 Å². The molecule has 3 aromatic rings. The summed E-state index contributed by atoms with van der Waals surface area (Å²) >= 11 is 0. The van der Waals surface area contributed by atoms with Gasteiger partial charge in [-0.05, 0) is 55.3 Å². The highest BCUT2D eigenvalue weighted by molar-refractivity contribution is 7.89. The van der Waals surface area contributed by atoms with Gasteiger partial charge in [-0.15, -0.1) is 0 Å². The summed E-state index contributed by atoms with van der Waals surface area (Å²) in [7, 11) is -3.91. The number of nitrogens with zero attached hydrogens (tertiary/aromatic N) is 1. The van der Waals surface area contributed by atoms with Crippen LogP contribution in [0.1, 0.15) is 27.9 Å². The van der Waals surface area contributed by atoms with Crippen LogP contribution in [0, 0.1) is 12.7 Å². The van der Waals surface area contributed by atoms with Crippen LogP contribution < -0.4 is 0 Å². The number of sulfonamides is 1. The number of hydrogen-bond donors (Lipinski definition) is 0. The highest BCUT2D eigenvalue weighted by Crippen LogP contribution is 2.31. The van der Waals surface area contributed by atoms with Crippen LogP contribution in [0.5, 0.6) is 0 Å². The predicted octanol–water partition coefficient (Wildman–Crippen LogP) is 4.37. The molecule has 2 atom stereocenters. The van der Waals surface area contributed by atoms with E-state index in [1.165, 1.54) is 28.6 Å². The Labute approximate surface area is 187 Å². The topological polar surface area (TPSA) is 63.7 Å². The Morgan fingerprint density at radius 2 is 1.66 bits per heavy atom. The predicted molar refractivity (Wildman–Crippen MR) is 119 cm³/mol. The van der Waals surface area contributed by atoms with Crippen molar-refractivity contribution in [2.75, 3.05) is 6.61 Å². The molecule has 0 N–H and O–H groups in total. The highest BCUT2D eigenvalue weighted by Gasteiger charge is 2.44. The summed E-state index contributed by atoms with van der Waals surface area (Å²) in [5, 5.41) is 0. The Morgan fingerprint density at radius 1 is 1.00 bits per heavy atom. The number of ether oxygens (including phenoxy) is 1. The molecule has 0 spiro atoms. The van der Waals surface area contributed by atoms with E-state index in [9.17, 15) is 17.6 Å². The van der Waals surface area contributed by atoms with Gasteiger partial charge in [0.05, 0.1) is 24.0 Å². The maximum absolute atomic E-state index is 13.6. The molecular weight excluding hydrogens is 429 g/mol. The molecule has 0 amide bonds. The van der Waals surface area contributed by atoms with E-state index in [1.807, 2.05) is 37.3 Å². The normalized spacial score (nSPS) is 19.2. The standard InChI is InChI=1S/C25H24FNO4S/c1-18-7-13-23(14-8-18)32(29,30)27-22(15-19-5-3-2-4-6-19)17-31-25(27)16-24(28)20-9-11-21(26)12-10-20/h2-14,22,25H,15-17H2,1H3/t22-,25-/m0/s1. The molecule has 3 aromatic carbocycles. The number of benzene rings is 3. The summed E-state index contributed by atoms with van der Waals surface area (Å²) < 4.78 is 47.6. The molecule has 1 aliphatic rings. The lowest BCUT2D eigenvalue weighted by molar-refractivity contribution is 0.0538. The first-order valence-corrected chi connectivity index (χ1v) is 11.8. The second-order valence-corrected chi connectivity index (χ2v) is 9.76. The minimum absolute atomic E-state index is 0.151. The van der Waals surface area contributed by atoms with Crippen molar-refractivity contribution in [3.8, 4) is 0 Å². The third kappa shape index (κ3) is 4.80. The summed E-state index contributed by atoms with van der Waals surface area (Å²) in [6.45, 7) is 2.07. The van der Waals surface area contributed by atoms with Gasteiger partial charge in [0.15, 0.2) is 5.78 Å². The molecule has 0 aliphatic carbocycles. The molecule has 1 aliphatic heterocycles. The molecule has 0 bridgehead atoms. The van der Waals surface area contributed by atoms with Crippen molar-refractivity contribution in [2.45, 2.75) is 36.9 Å². The van der Waals surface area contributed by atoms with Gasteiger partial charge in [0, 0.05) is 5.56 Å². The van der Waals surface area contributed by atoms with Crippen molar-refractivity contribution >= 4 is 15.8 Å². The molecule has 1 saturated heterocycles. The van der Waals surface area contributed by atoms with Crippen LogP contribution in [0.3, 0.4) is 0 Å². The summed E-state index contributed by atoms with van der Waals surface area (Å²) in [6.07, 6.45) is -0.623. The van der Waals surface area contributed by atoms with Crippen molar-refractivity contribution in [1.29, 1.82) is 0 Å². The number of carbonyl (C=O) groups excluding carboxylic acids is 1. The zero-order valence-corrected chi connectivity index (χ0v) is 18.5. The first kappa shape index (κ1) is 22.3. The summed E-state index contributed by atoms with van der Waals surface area (Å²) in [6, 6.07) is 21.0. The lowest BCUT2D eigenvalue weighted by atomic mass is 10.1. The lowest BCUT2D eigenvalue weighted by Crippen LogP contribution is -2.43. The molecule has 166 valence electrons. The Balaban J connectivity index is 1.64. The first-order chi connectivity index (χ1) is 15.3. The van der Waals surface area contributed by atoms with Gasteiger partial charge in [0.1, 0.15) is 12.0 Å². The van der Waals surface area contributed by atoms with Crippen LogP contribution in [0.4, 0.5) is 4.39 Å². The minimum atomic E-state index is -3.91. The summed E-state index contributed by atoms with van der Waals surface area (Å²) in [5.41, 5.74) is 2.25. The maximum Gasteiger partial charge on any atom is 0.245 e. The molecule has 0 aromatic heterocycles. The second-order valence-electron chi connectivity index (χ2n) is 7.91. The van der Waals surface area contributed by atoms with E-state index in [2.05, 4.69) is 0 Å². The zero-order valence-electron chi connectivity index (χ0n) is 17.6. The molecule has 0 radical (unpaired) electrons. The van der Waals surface area contributed by atoms with E-state index in [4.69, 9.17) is 4.74 Å². The molecule has 4 rings (SSSR count). The zero-order chi connectivity index (χ0) is 22.7. The Bertz CT molecular complexity index is 1180. The number of rotatable bonds is 7. The van der Waals surface area contributed by atoms with Gasteiger partial charge in [-0.2, -0.15) is 4.31 Å². The number of hydrogen-bond acceptors (Lipinski definition) is 4. The molecule has 7 heteroatoms. The molecule has 1 fully saturated rings. The fourth-order valence-corrected chi connectivity index (χ4v) is 5.58. The van der Waals surface area contributed by atoms with Crippen LogP contribution in [0.25, 0.3) is 0 Å². The van der Waals surface area contributed by atoms with E-state index < -0.39 is 28.1 Å². The lowest BCUT2D eigenvalue weighted by Gasteiger charge is -2.27. The number of Topliss-reactive ketones (excluding diaryl/α,β-unsaturated/α-hetero) is 1. The molecule has 1 heterocycles. The molecular formula is C25H24FNO4S. The van der Waals surface area contributed by atoms with Crippen molar-refractivity contribution in [1.82, 2.24) is 4.31 Å². The number of halogens is 1. The average Bonchev–Trinajstić information content (AvgIpc) is 3.18. The average molecular weight is 454 g/mol. The van der Waals surface area contributed by atoms with Gasteiger partial charge in [-0.25, -0.2) is 12.8 Å². The van der Waals surface area contributed by atoms with E-state index in [-0.39, 0.29) is 23.7 Å². The van der Waals surface area contributed by atoms with Crippen LogP contribution >= 0.6 is 0 Å². The fourth-order valence-electron chi connectivity index (χ4n) is 3.88. The highest BCUT2D eigenvalue weighted by atomic mass is 32.2. The van der Waals surface area contributed by atoms with Crippen molar-refractivity contribution in [2.24, 2.45) is 0 Å².